The molecule has 0 bridgehead atoms. The summed E-state index contributed by atoms with van der Waals surface area (Å²) in [6, 6.07) is 0.718. The van der Waals surface area contributed by atoms with Crippen molar-refractivity contribution in [1.82, 2.24) is 5.32 Å². The van der Waals surface area contributed by atoms with Gasteiger partial charge in [0.1, 0.15) is 0 Å². The second kappa shape index (κ2) is 4.80. The van der Waals surface area contributed by atoms with Crippen LogP contribution in [-0.2, 0) is 0 Å². The van der Waals surface area contributed by atoms with Gasteiger partial charge in [0.15, 0.2) is 0 Å². The zero-order valence-electron chi connectivity index (χ0n) is 9.48. The van der Waals surface area contributed by atoms with E-state index in [1.807, 2.05) is 0 Å². The van der Waals surface area contributed by atoms with Crippen LogP contribution in [0.25, 0.3) is 0 Å². The molecule has 1 heterocycles. The van der Waals surface area contributed by atoms with E-state index in [0.29, 0.717) is 0 Å². The van der Waals surface area contributed by atoms with Gasteiger partial charge in [0, 0.05) is 12.6 Å². The Morgan fingerprint density at radius 3 is 2.69 bits per heavy atom. The van der Waals surface area contributed by atoms with Crippen LogP contribution in [0.2, 0.25) is 0 Å². The van der Waals surface area contributed by atoms with Gasteiger partial charge in [-0.2, -0.15) is 0 Å². The van der Waals surface area contributed by atoms with Crippen molar-refractivity contribution in [3.8, 4) is 0 Å². The fourth-order valence-electron chi connectivity index (χ4n) is 2.00. The fourth-order valence-corrected chi connectivity index (χ4v) is 2.00. The lowest BCUT2D eigenvalue weighted by Crippen LogP contribution is -2.33. The van der Waals surface area contributed by atoms with Crippen LogP contribution in [0.1, 0.15) is 47.0 Å². The van der Waals surface area contributed by atoms with Crippen molar-refractivity contribution in [2.24, 2.45) is 5.92 Å². The topological polar surface area (TPSA) is 12.0 Å². The first-order valence-corrected chi connectivity index (χ1v) is 5.50. The SMILES string of the molecule is C/C(CC(C)C)=C1\CCC(C)NC1. The Bertz CT molecular complexity index is 181. The molecule has 0 aromatic rings. The lowest BCUT2D eigenvalue weighted by Gasteiger charge is -2.24. The molecule has 1 heteroatoms. The van der Waals surface area contributed by atoms with E-state index in [1.54, 1.807) is 11.1 Å². The van der Waals surface area contributed by atoms with Crippen LogP contribution in [-0.4, -0.2) is 12.6 Å². The van der Waals surface area contributed by atoms with Gasteiger partial charge in [-0.3, -0.25) is 0 Å². The van der Waals surface area contributed by atoms with E-state index in [9.17, 15) is 0 Å². The molecule has 1 atom stereocenters. The lowest BCUT2D eigenvalue weighted by atomic mass is 9.93. The number of hydrogen-bond donors (Lipinski definition) is 1. The van der Waals surface area contributed by atoms with Crippen molar-refractivity contribution in [3.05, 3.63) is 11.1 Å². The molecule has 0 radical (unpaired) electrons. The molecule has 1 aliphatic rings. The molecule has 1 unspecified atom stereocenters. The van der Waals surface area contributed by atoms with E-state index < -0.39 is 0 Å². The van der Waals surface area contributed by atoms with Crippen LogP contribution in [0.3, 0.4) is 0 Å². The third-order valence-electron chi connectivity index (χ3n) is 2.86. The highest BCUT2D eigenvalue weighted by molar-refractivity contribution is 5.16. The summed E-state index contributed by atoms with van der Waals surface area (Å²) in [5.74, 6) is 0.798. The van der Waals surface area contributed by atoms with E-state index >= 15 is 0 Å². The zero-order valence-corrected chi connectivity index (χ0v) is 9.48. The van der Waals surface area contributed by atoms with Gasteiger partial charge in [-0.1, -0.05) is 25.0 Å². The average molecular weight is 181 g/mol. The molecule has 76 valence electrons. The summed E-state index contributed by atoms with van der Waals surface area (Å²) in [5, 5.41) is 3.53. The highest BCUT2D eigenvalue weighted by atomic mass is 14.9. The molecule has 0 aromatic carbocycles. The normalized spacial score (nSPS) is 27.9. The molecular formula is C12H23N. The van der Waals surface area contributed by atoms with Crippen LogP contribution in [0.4, 0.5) is 0 Å². The van der Waals surface area contributed by atoms with Gasteiger partial charge in [0.25, 0.3) is 0 Å². The predicted octanol–water partition coefficient (Wildman–Crippen LogP) is 3.12. The van der Waals surface area contributed by atoms with Gasteiger partial charge in [0.2, 0.25) is 0 Å². The number of nitrogens with one attached hydrogen (secondary N) is 1. The molecule has 1 nitrogen and oxygen atoms in total. The maximum atomic E-state index is 3.53. The first-order valence-electron chi connectivity index (χ1n) is 5.50. The Morgan fingerprint density at radius 1 is 1.54 bits per heavy atom. The number of hydrogen-bond acceptors (Lipinski definition) is 1. The quantitative estimate of drug-likeness (QED) is 0.645. The van der Waals surface area contributed by atoms with E-state index in [4.69, 9.17) is 0 Å². The Morgan fingerprint density at radius 2 is 2.23 bits per heavy atom. The average Bonchev–Trinajstić information content (AvgIpc) is 2.04. The fraction of sp³-hybridized carbons (Fsp3) is 0.833. The maximum absolute atomic E-state index is 3.53. The molecule has 0 amide bonds. The molecule has 13 heavy (non-hydrogen) atoms. The molecule has 1 N–H and O–H groups in total. The van der Waals surface area contributed by atoms with E-state index in [2.05, 4.69) is 33.0 Å². The monoisotopic (exact) mass is 181 g/mol. The second-order valence-corrected chi connectivity index (χ2v) is 4.80. The maximum Gasteiger partial charge on any atom is 0.0169 e. The largest absolute Gasteiger partial charge is 0.311 e. The Balaban J connectivity index is 2.49. The van der Waals surface area contributed by atoms with Gasteiger partial charge in [-0.05, 0) is 39.0 Å². The Hall–Kier alpha value is -0.300. The van der Waals surface area contributed by atoms with Crippen LogP contribution < -0.4 is 5.32 Å². The summed E-state index contributed by atoms with van der Waals surface area (Å²) < 4.78 is 0. The molecule has 0 spiro atoms. The van der Waals surface area contributed by atoms with Crippen LogP contribution in [0, 0.1) is 5.92 Å². The number of rotatable bonds is 2. The van der Waals surface area contributed by atoms with Gasteiger partial charge in [-0.25, -0.2) is 0 Å². The first kappa shape index (κ1) is 10.8. The Kier molecular flexibility index (Phi) is 3.98. The summed E-state index contributed by atoms with van der Waals surface area (Å²) in [7, 11) is 0. The smallest absolute Gasteiger partial charge is 0.0169 e. The molecule has 1 saturated heterocycles. The number of piperidine rings is 1. The van der Waals surface area contributed by atoms with Crippen molar-refractivity contribution in [3.63, 3.8) is 0 Å². The standard InChI is InChI=1S/C12H23N/c1-9(2)7-10(3)12-6-5-11(4)13-8-12/h9,11,13H,5-8H2,1-4H3/b12-10-. The van der Waals surface area contributed by atoms with Crippen LogP contribution in [0.15, 0.2) is 11.1 Å². The van der Waals surface area contributed by atoms with E-state index in [-0.39, 0.29) is 0 Å². The summed E-state index contributed by atoms with van der Waals surface area (Å²) in [6.45, 7) is 10.3. The molecule has 1 rings (SSSR count). The van der Waals surface area contributed by atoms with Gasteiger partial charge in [0.05, 0.1) is 0 Å². The third-order valence-corrected chi connectivity index (χ3v) is 2.86. The van der Waals surface area contributed by atoms with E-state index in [1.165, 1.54) is 19.3 Å². The van der Waals surface area contributed by atoms with Gasteiger partial charge >= 0.3 is 0 Å². The summed E-state index contributed by atoms with van der Waals surface area (Å²) in [4.78, 5) is 0. The van der Waals surface area contributed by atoms with Crippen molar-refractivity contribution in [2.45, 2.75) is 53.0 Å². The van der Waals surface area contributed by atoms with Crippen LogP contribution in [0.5, 0.6) is 0 Å². The van der Waals surface area contributed by atoms with Crippen molar-refractivity contribution in [2.75, 3.05) is 6.54 Å². The Labute approximate surface area is 82.6 Å². The molecule has 1 fully saturated rings. The third kappa shape index (κ3) is 3.51. The highest BCUT2D eigenvalue weighted by Gasteiger charge is 2.13. The highest BCUT2D eigenvalue weighted by Crippen LogP contribution is 2.21. The van der Waals surface area contributed by atoms with Gasteiger partial charge in [-0.15, -0.1) is 0 Å². The molecule has 0 saturated carbocycles. The minimum Gasteiger partial charge on any atom is -0.311 e. The minimum absolute atomic E-state index is 0.718. The first-order chi connectivity index (χ1) is 6.09. The summed E-state index contributed by atoms with van der Waals surface area (Å²) in [5.41, 5.74) is 3.28. The molecule has 0 aliphatic carbocycles. The minimum atomic E-state index is 0.718. The summed E-state index contributed by atoms with van der Waals surface area (Å²) in [6.07, 6.45) is 3.89. The predicted molar refractivity (Wildman–Crippen MR) is 58.9 cm³/mol. The van der Waals surface area contributed by atoms with Crippen molar-refractivity contribution >= 4 is 0 Å². The lowest BCUT2D eigenvalue weighted by molar-refractivity contribution is 0.479. The summed E-state index contributed by atoms with van der Waals surface area (Å²) >= 11 is 0. The molecular weight excluding hydrogens is 158 g/mol. The molecule has 1 aliphatic heterocycles. The van der Waals surface area contributed by atoms with Crippen LogP contribution >= 0.6 is 0 Å². The van der Waals surface area contributed by atoms with Crippen molar-refractivity contribution < 1.29 is 0 Å². The van der Waals surface area contributed by atoms with E-state index in [0.717, 1.165) is 18.5 Å². The zero-order chi connectivity index (χ0) is 9.84. The number of allylic oxidation sites excluding steroid dienone is 1. The second-order valence-electron chi connectivity index (χ2n) is 4.80. The van der Waals surface area contributed by atoms with Crippen molar-refractivity contribution in [1.29, 1.82) is 0 Å². The molecule has 0 aromatic heterocycles. The van der Waals surface area contributed by atoms with Gasteiger partial charge < -0.3 is 5.32 Å².